The number of nitrogens with zero attached hydrogens (tertiary/aromatic N) is 2. The summed E-state index contributed by atoms with van der Waals surface area (Å²) in [4.78, 5) is 6.68. The van der Waals surface area contributed by atoms with Crippen molar-refractivity contribution in [1.29, 1.82) is 0 Å². The molecule has 0 fully saturated rings. The zero-order valence-corrected chi connectivity index (χ0v) is 14.2. The van der Waals surface area contributed by atoms with E-state index in [9.17, 15) is 0 Å². The van der Waals surface area contributed by atoms with Gasteiger partial charge in [-0.1, -0.05) is 0 Å². The monoisotopic (exact) mass is 307 g/mol. The number of aryl methyl sites for hydroxylation is 1. The average molecular weight is 307 g/mol. The molecule has 0 aliphatic carbocycles. The van der Waals surface area contributed by atoms with Crippen LogP contribution in [0.4, 0.5) is 5.69 Å². The molecule has 0 aliphatic heterocycles. The lowest BCUT2D eigenvalue weighted by molar-refractivity contribution is 0.296. The number of nitrogens with one attached hydrogen (secondary N) is 1. The van der Waals surface area contributed by atoms with Crippen LogP contribution in [0, 0.1) is 6.92 Å². The standard InChI is InChI=1S/C15H21N3S2/c1-9(2)18(10(3)4)15(19)17-12-6-7-13-14(8-12)20-11(5)16-13/h6-10H,1-5H3,(H,17,19). The number of aromatic nitrogens is 1. The fourth-order valence-electron chi connectivity index (χ4n) is 2.37. The molecule has 1 N–H and O–H groups in total. The lowest BCUT2D eigenvalue weighted by Gasteiger charge is -2.33. The zero-order valence-electron chi connectivity index (χ0n) is 12.6. The largest absolute Gasteiger partial charge is 0.344 e. The Bertz CT molecular complexity index is 609. The molecule has 0 spiro atoms. The number of fused-ring (bicyclic) bond motifs is 1. The maximum absolute atomic E-state index is 5.54. The molecule has 3 nitrogen and oxygen atoms in total. The van der Waals surface area contributed by atoms with Crippen LogP contribution in [0.2, 0.25) is 0 Å². The molecular formula is C15H21N3S2. The highest BCUT2D eigenvalue weighted by atomic mass is 32.1. The maximum atomic E-state index is 5.54. The molecule has 2 rings (SSSR count). The van der Waals surface area contributed by atoms with Crippen molar-refractivity contribution in [3.05, 3.63) is 23.2 Å². The Balaban J connectivity index is 2.20. The smallest absolute Gasteiger partial charge is 0.173 e. The van der Waals surface area contributed by atoms with Gasteiger partial charge in [0.05, 0.1) is 15.2 Å². The van der Waals surface area contributed by atoms with Crippen molar-refractivity contribution in [3.8, 4) is 0 Å². The Labute approximate surface area is 130 Å². The molecule has 0 amide bonds. The van der Waals surface area contributed by atoms with E-state index in [2.05, 4.69) is 49.0 Å². The second-order valence-corrected chi connectivity index (χ2v) is 7.06. The van der Waals surface area contributed by atoms with Gasteiger partial charge in [0.25, 0.3) is 0 Å². The van der Waals surface area contributed by atoms with Gasteiger partial charge < -0.3 is 10.2 Å². The normalized spacial score (nSPS) is 11.3. The van der Waals surface area contributed by atoms with Gasteiger partial charge in [-0.3, -0.25) is 0 Å². The van der Waals surface area contributed by atoms with Crippen LogP contribution in [0.25, 0.3) is 10.2 Å². The van der Waals surface area contributed by atoms with Crippen LogP contribution < -0.4 is 5.32 Å². The van der Waals surface area contributed by atoms with Crippen LogP contribution in [0.3, 0.4) is 0 Å². The number of benzene rings is 1. The van der Waals surface area contributed by atoms with Crippen LogP contribution in [0.1, 0.15) is 32.7 Å². The lowest BCUT2D eigenvalue weighted by Crippen LogP contribution is -2.44. The van der Waals surface area contributed by atoms with Crippen molar-refractivity contribution in [2.24, 2.45) is 0 Å². The molecule has 0 bridgehead atoms. The highest BCUT2D eigenvalue weighted by Crippen LogP contribution is 2.25. The first kappa shape index (κ1) is 15.2. The Kier molecular flexibility index (Phi) is 4.60. The summed E-state index contributed by atoms with van der Waals surface area (Å²) in [5, 5.41) is 5.20. The second kappa shape index (κ2) is 6.06. The summed E-state index contributed by atoms with van der Waals surface area (Å²) >= 11 is 7.25. The maximum Gasteiger partial charge on any atom is 0.173 e. The summed E-state index contributed by atoms with van der Waals surface area (Å²) in [5.74, 6) is 0. The third kappa shape index (κ3) is 3.27. The fraction of sp³-hybridized carbons (Fsp3) is 0.467. The third-order valence-corrected chi connectivity index (χ3v) is 4.34. The van der Waals surface area contributed by atoms with E-state index in [1.165, 1.54) is 4.70 Å². The first-order valence-corrected chi connectivity index (χ1v) is 8.07. The summed E-state index contributed by atoms with van der Waals surface area (Å²) < 4.78 is 1.19. The molecule has 0 unspecified atom stereocenters. The van der Waals surface area contributed by atoms with Gasteiger partial charge in [0.1, 0.15) is 0 Å². The average Bonchev–Trinajstić information content (AvgIpc) is 2.67. The number of thiocarbonyl (C=S) groups is 1. The quantitative estimate of drug-likeness (QED) is 0.850. The van der Waals surface area contributed by atoms with E-state index in [-0.39, 0.29) is 0 Å². The number of thiazole rings is 1. The van der Waals surface area contributed by atoms with E-state index in [0.717, 1.165) is 21.3 Å². The minimum atomic E-state index is 0.379. The topological polar surface area (TPSA) is 28.2 Å². The predicted molar refractivity (Wildman–Crippen MR) is 92.7 cm³/mol. The Hall–Kier alpha value is -1.20. The summed E-state index contributed by atoms with van der Waals surface area (Å²) in [6.07, 6.45) is 0. The van der Waals surface area contributed by atoms with Crippen LogP contribution in [-0.4, -0.2) is 27.1 Å². The van der Waals surface area contributed by atoms with Crippen molar-refractivity contribution < 1.29 is 0 Å². The number of hydrogen-bond acceptors (Lipinski definition) is 3. The van der Waals surface area contributed by atoms with Gasteiger partial charge in [-0.15, -0.1) is 11.3 Å². The van der Waals surface area contributed by atoms with E-state index in [1.54, 1.807) is 11.3 Å². The van der Waals surface area contributed by atoms with Crippen LogP contribution in [0.5, 0.6) is 0 Å². The van der Waals surface area contributed by atoms with Crippen LogP contribution in [-0.2, 0) is 0 Å². The number of hydrogen-bond donors (Lipinski definition) is 1. The first-order chi connectivity index (χ1) is 9.38. The number of rotatable bonds is 3. The van der Waals surface area contributed by atoms with Crippen molar-refractivity contribution in [2.75, 3.05) is 5.32 Å². The highest BCUT2D eigenvalue weighted by molar-refractivity contribution is 7.80. The van der Waals surface area contributed by atoms with Crippen LogP contribution in [0.15, 0.2) is 18.2 Å². The number of anilines is 1. The summed E-state index contributed by atoms with van der Waals surface area (Å²) in [6.45, 7) is 10.7. The molecule has 0 aliphatic rings. The molecule has 5 heteroatoms. The molecule has 0 saturated carbocycles. The molecule has 2 aromatic rings. The molecule has 20 heavy (non-hydrogen) atoms. The van der Waals surface area contributed by atoms with E-state index < -0.39 is 0 Å². The van der Waals surface area contributed by atoms with E-state index in [4.69, 9.17) is 12.2 Å². The molecule has 0 radical (unpaired) electrons. The SMILES string of the molecule is Cc1nc2ccc(NC(=S)N(C(C)C)C(C)C)cc2s1. The van der Waals surface area contributed by atoms with Crippen LogP contribution >= 0.6 is 23.6 Å². The summed E-state index contributed by atoms with van der Waals surface area (Å²) in [6, 6.07) is 6.95. The molecule has 1 aromatic heterocycles. The van der Waals surface area contributed by atoms with Gasteiger partial charge in [0.2, 0.25) is 0 Å². The van der Waals surface area contributed by atoms with Crippen molar-refractivity contribution in [3.63, 3.8) is 0 Å². The summed E-state index contributed by atoms with van der Waals surface area (Å²) in [7, 11) is 0. The van der Waals surface area contributed by atoms with E-state index >= 15 is 0 Å². The van der Waals surface area contributed by atoms with E-state index in [1.807, 2.05) is 19.1 Å². The minimum Gasteiger partial charge on any atom is -0.344 e. The third-order valence-electron chi connectivity index (χ3n) is 3.09. The molecule has 0 atom stereocenters. The Morgan fingerprint density at radius 1 is 1.25 bits per heavy atom. The molecule has 0 saturated heterocycles. The van der Waals surface area contributed by atoms with Gasteiger partial charge in [-0.2, -0.15) is 0 Å². The molecule has 1 aromatic carbocycles. The Morgan fingerprint density at radius 3 is 2.50 bits per heavy atom. The van der Waals surface area contributed by atoms with Crippen molar-refractivity contribution >= 4 is 44.6 Å². The molecular weight excluding hydrogens is 286 g/mol. The van der Waals surface area contributed by atoms with Gasteiger partial charge in [0, 0.05) is 17.8 Å². The predicted octanol–water partition coefficient (Wildman–Crippen LogP) is 4.42. The molecule has 108 valence electrons. The molecule has 1 heterocycles. The highest BCUT2D eigenvalue weighted by Gasteiger charge is 2.16. The minimum absolute atomic E-state index is 0.379. The first-order valence-electron chi connectivity index (χ1n) is 6.85. The second-order valence-electron chi connectivity index (χ2n) is 5.44. The lowest BCUT2D eigenvalue weighted by atomic mass is 10.2. The van der Waals surface area contributed by atoms with Gasteiger partial charge in [0.15, 0.2) is 5.11 Å². The van der Waals surface area contributed by atoms with Gasteiger partial charge >= 0.3 is 0 Å². The van der Waals surface area contributed by atoms with Gasteiger partial charge in [-0.25, -0.2) is 4.98 Å². The summed E-state index contributed by atoms with van der Waals surface area (Å²) in [5.41, 5.74) is 2.07. The zero-order chi connectivity index (χ0) is 14.9. The van der Waals surface area contributed by atoms with Crippen molar-refractivity contribution in [2.45, 2.75) is 46.7 Å². The van der Waals surface area contributed by atoms with Gasteiger partial charge in [-0.05, 0) is 65.0 Å². The Morgan fingerprint density at radius 2 is 1.90 bits per heavy atom. The fourth-order valence-corrected chi connectivity index (χ4v) is 3.78. The van der Waals surface area contributed by atoms with E-state index in [0.29, 0.717) is 12.1 Å². The van der Waals surface area contributed by atoms with Crippen molar-refractivity contribution in [1.82, 2.24) is 9.88 Å².